The van der Waals surface area contributed by atoms with Gasteiger partial charge in [0.2, 0.25) is 0 Å². The van der Waals surface area contributed by atoms with Crippen LogP contribution in [0.2, 0.25) is 0 Å². The summed E-state index contributed by atoms with van der Waals surface area (Å²) >= 11 is 0. The number of allylic oxidation sites excluding steroid dienone is 2. The number of carbonyl (C=O) groups is 2. The highest BCUT2D eigenvalue weighted by Gasteiger charge is 2.56. The lowest BCUT2D eigenvalue weighted by Crippen LogP contribution is -2.38. The highest BCUT2D eigenvalue weighted by Crippen LogP contribution is 2.49. The van der Waals surface area contributed by atoms with E-state index < -0.39 is 0 Å². The van der Waals surface area contributed by atoms with Crippen molar-refractivity contribution in [1.82, 2.24) is 5.01 Å². The zero-order valence-corrected chi connectivity index (χ0v) is 14.2. The van der Waals surface area contributed by atoms with Gasteiger partial charge in [0.25, 0.3) is 11.8 Å². The summed E-state index contributed by atoms with van der Waals surface area (Å²) in [7, 11) is 3.12. The zero-order chi connectivity index (χ0) is 17.6. The van der Waals surface area contributed by atoms with Crippen molar-refractivity contribution >= 4 is 18.0 Å². The van der Waals surface area contributed by atoms with Crippen molar-refractivity contribution in [2.24, 2.45) is 28.8 Å². The summed E-state index contributed by atoms with van der Waals surface area (Å²) in [5.41, 5.74) is 0.731. The van der Waals surface area contributed by atoms with Crippen LogP contribution in [0.5, 0.6) is 11.5 Å². The number of hydrogen-bond donors (Lipinski definition) is 0. The summed E-state index contributed by atoms with van der Waals surface area (Å²) in [6.45, 7) is 0. The maximum atomic E-state index is 12.7. The largest absolute Gasteiger partial charge is 0.493 e. The molecule has 25 heavy (non-hydrogen) atoms. The Hall–Kier alpha value is -2.63. The van der Waals surface area contributed by atoms with Crippen molar-refractivity contribution in [2.75, 3.05) is 14.2 Å². The molecule has 1 aliphatic heterocycles. The Balaban J connectivity index is 1.58. The van der Waals surface area contributed by atoms with E-state index >= 15 is 0 Å². The lowest BCUT2D eigenvalue weighted by Gasteiger charge is -2.37. The summed E-state index contributed by atoms with van der Waals surface area (Å²) in [4.78, 5) is 25.4. The molecule has 1 saturated carbocycles. The standard InChI is InChI=1S/C19H20N2O4/c1-24-14-8-3-11(9-15(14)25-2)10-20-21-18(22)16-12-4-5-13(7-6-12)17(16)19(21)23/h3-5,8-10,12-13,16-17H,6-7H2,1-2H3/b20-10-/t12-,13-,16+,17+/m1/s1. The number of nitrogens with zero attached hydrogens (tertiary/aromatic N) is 2. The Morgan fingerprint density at radius 2 is 1.60 bits per heavy atom. The lowest BCUT2D eigenvalue weighted by atomic mass is 9.63. The zero-order valence-electron chi connectivity index (χ0n) is 14.2. The van der Waals surface area contributed by atoms with Gasteiger partial charge in [-0.2, -0.15) is 10.1 Å². The molecule has 2 fully saturated rings. The molecule has 5 rings (SSSR count). The average molecular weight is 340 g/mol. The summed E-state index contributed by atoms with van der Waals surface area (Å²) in [6, 6.07) is 5.32. The highest BCUT2D eigenvalue weighted by atomic mass is 16.5. The maximum Gasteiger partial charge on any atom is 0.254 e. The van der Waals surface area contributed by atoms with Crippen LogP contribution in [-0.2, 0) is 9.59 Å². The van der Waals surface area contributed by atoms with Crippen molar-refractivity contribution in [3.05, 3.63) is 35.9 Å². The molecule has 4 aliphatic rings. The Labute approximate surface area is 146 Å². The molecule has 1 saturated heterocycles. The Bertz CT molecular complexity index is 754. The topological polar surface area (TPSA) is 68.2 Å². The van der Waals surface area contributed by atoms with Crippen molar-refractivity contribution < 1.29 is 19.1 Å². The van der Waals surface area contributed by atoms with Gasteiger partial charge in [0.15, 0.2) is 11.5 Å². The van der Waals surface area contributed by atoms with E-state index in [9.17, 15) is 9.59 Å². The van der Waals surface area contributed by atoms with Gasteiger partial charge in [-0.25, -0.2) is 0 Å². The van der Waals surface area contributed by atoms with Crippen LogP contribution in [0.25, 0.3) is 0 Å². The van der Waals surface area contributed by atoms with E-state index in [4.69, 9.17) is 9.47 Å². The summed E-state index contributed by atoms with van der Waals surface area (Å²) in [5, 5.41) is 5.25. The van der Waals surface area contributed by atoms with Gasteiger partial charge in [0.05, 0.1) is 32.3 Å². The van der Waals surface area contributed by atoms with Gasteiger partial charge in [-0.3, -0.25) is 9.59 Å². The average Bonchev–Trinajstić information content (AvgIpc) is 2.93. The van der Waals surface area contributed by atoms with Crippen molar-refractivity contribution in [1.29, 1.82) is 0 Å². The highest BCUT2D eigenvalue weighted by molar-refractivity contribution is 6.06. The first-order valence-corrected chi connectivity index (χ1v) is 8.46. The molecule has 2 amide bonds. The number of ether oxygens (including phenoxy) is 2. The minimum atomic E-state index is -0.237. The fourth-order valence-electron chi connectivity index (χ4n) is 4.23. The molecule has 1 aromatic rings. The maximum absolute atomic E-state index is 12.7. The first-order valence-electron chi connectivity index (χ1n) is 8.46. The van der Waals surface area contributed by atoms with Gasteiger partial charge in [-0.05, 0) is 48.4 Å². The van der Waals surface area contributed by atoms with Gasteiger partial charge in [0.1, 0.15) is 0 Å². The first kappa shape index (κ1) is 15.9. The van der Waals surface area contributed by atoms with Crippen LogP contribution in [-0.4, -0.2) is 37.3 Å². The number of hydrazone groups is 1. The molecule has 6 nitrogen and oxygen atoms in total. The number of methoxy groups -OCH3 is 2. The Morgan fingerprint density at radius 3 is 2.12 bits per heavy atom. The van der Waals surface area contributed by atoms with Crippen LogP contribution in [0.1, 0.15) is 18.4 Å². The SMILES string of the molecule is COc1ccc(/C=N\N2C(=O)[C@@H]3[C@@H](C2=O)[C@@H]2C=C[C@@H]3CC2)cc1OC. The predicted octanol–water partition coefficient (Wildman–Crippen LogP) is 2.23. The molecule has 0 aromatic heterocycles. The van der Waals surface area contributed by atoms with Crippen LogP contribution < -0.4 is 9.47 Å². The summed E-state index contributed by atoms with van der Waals surface area (Å²) in [6.07, 6.45) is 7.68. The predicted molar refractivity (Wildman–Crippen MR) is 91.3 cm³/mol. The number of carbonyl (C=O) groups excluding carboxylic acids is 2. The molecule has 0 unspecified atom stereocenters. The van der Waals surface area contributed by atoms with Crippen LogP contribution in [0.4, 0.5) is 0 Å². The molecule has 130 valence electrons. The van der Waals surface area contributed by atoms with E-state index in [1.807, 2.05) is 0 Å². The molecule has 4 atom stereocenters. The number of benzene rings is 1. The molecule has 1 aromatic carbocycles. The van der Waals surface area contributed by atoms with E-state index in [1.165, 1.54) is 6.21 Å². The van der Waals surface area contributed by atoms with Gasteiger partial charge in [-0.15, -0.1) is 0 Å². The first-order chi connectivity index (χ1) is 12.1. The molecule has 2 bridgehead atoms. The number of rotatable bonds is 4. The third kappa shape index (κ3) is 2.44. The number of fused-ring (bicyclic) bond motifs is 1. The minimum absolute atomic E-state index is 0.174. The molecule has 3 aliphatic carbocycles. The molecule has 0 spiro atoms. The third-order valence-corrected chi connectivity index (χ3v) is 5.47. The van der Waals surface area contributed by atoms with Crippen LogP contribution in [0.15, 0.2) is 35.5 Å². The van der Waals surface area contributed by atoms with Crippen molar-refractivity contribution in [3.8, 4) is 11.5 Å². The molecule has 0 N–H and O–H groups in total. The Kier molecular flexibility index (Phi) is 3.82. The lowest BCUT2D eigenvalue weighted by molar-refractivity contribution is -0.140. The second-order valence-corrected chi connectivity index (χ2v) is 6.69. The Morgan fingerprint density at radius 1 is 1.00 bits per heavy atom. The molecule has 0 radical (unpaired) electrons. The third-order valence-electron chi connectivity index (χ3n) is 5.47. The van der Waals surface area contributed by atoms with Crippen molar-refractivity contribution in [2.45, 2.75) is 12.8 Å². The fourth-order valence-corrected chi connectivity index (χ4v) is 4.23. The van der Waals surface area contributed by atoms with E-state index in [2.05, 4.69) is 17.3 Å². The van der Waals surface area contributed by atoms with Gasteiger partial charge in [0, 0.05) is 0 Å². The normalized spacial score (nSPS) is 30.2. The van der Waals surface area contributed by atoms with Gasteiger partial charge >= 0.3 is 0 Å². The van der Waals surface area contributed by atoms with E-state index in [0.29, 0.717) is 11.5 Å². The molecule has 6 heteroatoms. The molecular weight excluding hydrogens is 320 g/mol. The van der Waals surface area contributed by atoms with Crippen LogP contribution in [0.3, 0.4) is 0 Å². The molecule has 1 heterocycles. The second-order valence-electron chi connectivity index (χ2n) is 6.69. The number of amides is 2. The van der Waals surface area contributed by atoms with E-state index in [-0.39, 0.29) is 35.5 Å². The monoisotopic (exact) mass is 340 g/mol. The summed E-state index contributed by atoms with van der Waals surface area (Å²) < 4.78 is 10.5. The van der Waals surface area contributed by atoms with Gasteiger partial charge in [-0.1, -0.05) is 12.2 Å². The van der Waals surface area contributed by atoms with Crippen LogP contribution in [0, 0.1) is 23.7 Å². The quantitative estimate of drug-likeness (QED) is 0.479. The number of hydrogen-bond acceptors (Lipinski definition) is 5. The van der Waals surface area contributed by atoms with Crippen molar-refractivity contribution in [3.63, 3.8) is 0 Å². The van der Waals surface area contributed by atoms with Gasteiger partial charge < -0.3 is 9.47 Å². The second kappa shape index (κ2) is 6.02. The molecular formula is C19H20N2O4. The minimum Gasteiger partial charge on any atom is -0.493 e. The van der Waals surface area contributed by atoms with E-state index in [1.54, 1.807) is 32.4 Å². The van der Waals surface area contributed by atoms with Crippen LogP contribution >= 0.6 is 0 Å². The summed E-state index contributed by atoms with van der Waals surface area (Å²) in [5.74, 6) is 0.706. The van der Waals surface area contributed by atoms with E-state index in [0.717, 1.165) is 23.4 Å². The fraction of sp³-hybridized carbons (Fsp3) is 0.421. The smallest absolute Gasteiger partial charge is 0.254 e. The number of imide groups is 1.